The van der Waals surface area contributed by atoms with E-state index in [1.54, 1.807) is 37.3 Å². The van der Waals surface area contributed by atoms with E-state index in [9.17, 15) is 23.3 Å². The highest BCUT2D eigenvalue weighted by Crippen LogP contribution is 2.30. The molecule has 2 aromatic carbocycles. The summed E-state index contributed by atoms with van der Waals surface area (Å²) in [6.07, 6.45) is -0.154. The molecule has 1 N–H and O–H groups in total. The monoisotopic (exact) mass is 407 g/mol. The molecule has 0 saturated carbocycles. The van der Waals surface area contributed by atoms with Gasteiger partial charge in [0.2, 0.25) is 0 Å². The molecule has 0 aliphatic carbocycles. The summed E-state index contributed by atoms with van der Waals surface area (Å²) in [4.78, 5) is 22.1. The summed E-state index contributed by atoms with van der Waals surface area (Å²) in [5.41, 5.74) is 0.177. The number of nitro groups is 1. The van der Waals surface area contributed by atoms with E-state index < -0.39 is 20.9 Å². The average Bonchev–Trinajstić information content (AvgIpc) is 2.68. The topological polar surface area (TPSA) is 119 Å². The lowest BCUT2D eigenvalue weighted by Crippen LogP contribution is -2.33. The van der Waals surface area contributed by atoms with Gasteiger partial charge in [-0.25, -0.2) is 8.42 Å². The molecule has 0 bridgehead atoms. The number of nitrogens with one attached hydrogen (secondary N) is 1. The van der Waals surface area contributed by atoms with Gasteiger partial charge in [-0.3, -0.25) is 19.2 Å². The van der Waals surface area contributed by atoms with Crippen molar-refractivity contribution in [3.05, 3.63) is 58.6 Å². The van der Waals surface area contributed by atoms with Gasteiger partial charge in [-0.2, -0.15) is 0 Å². The molecule has 0 aliphatic heterocycles. The van der Waals surface area contributed by atoms with Crippen LogP contribution in [0, 0.1) is 10.1 Å². The summed E-state index contributed by atoms with van der Waals surface area (Å²) in [7, 11) is -2.65. The molecule has 0 saturated heterocycles. The summed E-state index contributed by atoms with van der Waals surface area (Å²) in [5.74, 6) is -0.532. The van der Waals surface area contributed by atoms with Gasteiger partial charge in [0.15, 0.2) is 0 Å². The van der Waals surface area contributed by atoms with Crippen LogP contribution in [0.15, 0.2) is 53.4 Å². The van der Waals surface area contributed by atoms with Crippen molar-refractivity contribution in [1.82, 2.24) is 0 Å². The van der Waals surface area contributed by atoms with Crippen molar-refractivity contribution >= 4 is 33.1 Å². The first-order valence-electron chi connectivity index (χ1n) is 8.50. The predicted octanol–water partition coefficient (Wildman–Crippen LogP) is 2.79. The zero-order valence-corrected chi connectivity index (χ0v) is 16.3. The molecule has 0 aromatic heterocycles. The number of nitrogens with zero attached hydrogens (tertiary/aromatic N) is 2. The van der Waals surface area contributed by atoms with Crippen molar-refractivity contribution in [1.29, 1.82) is 0 Å². The Morgan fingerprint density at radius 2 is 1.89 bits per heavy atom. The van der Waals surface area contributed by atoms with Gasteiger partial charge >= 0.3 is 5.97 Å². The highest BCUT2D eigenvalue weighted by Gasteiger charge is 2.28. The minimum Gasteiger partial charge on any atom is -0.466 e. The first-order valence-corrected chi connectivity index (χ1v) is 9.94. The molecular formula is C18H21N3O6S. The molecule has 0 atom stereocenters. The number of hydrogen-bond donors (Lipinski definition) is 1. The fraction of sp³-hybridized carbons (Fsp3) is 0.278. The summed E-state index contributed by atoms with van der Waals surface area (Å²) in [6, 6.07) is 11.8. The van der Waals surface area contributed by atoms with Crippen LogP contribution in [0.25, 0.3) is 0 Å². The molecule has 0 amide bonds. The van der Waals surface area contributed by atoms with Gasteiger partial charge in [-0.1, -0.05) is 18.2 Å². The largest absolute Gasteiger partial charge is 0.466 e. The first-order chi connectivity index (χ1) is 13.3. The van der Waals surface area contributed by atoms with Crippen LogP contribution in [0.3, 0.4) is 0 Å². The molecule has 0 heterocycles. The van der Waals surface area contributed by atoms with Gasteiger partial charge in [0.05, 0.1) is 28.5 Å². The number of rotatable bonds is 9. The van der Waals surface area contributed by atoms with E-state index in [0.717, 1.165) is 10.4 Å². The molecule has 0 radical (unpaired) electrons. The molecule has 0 unspecified atom stereocenters. The third-order valence-electron chi connectivity index (χ3n) is 3.89. The normalized spacial score (nSPS) is 10.9. The molecule has 150 valence electrons. The minimum atomic E-state index is -4.15. The van der Waals surface area contributed by atoms with Crippen LogP contribution in [0.2, 0.25) is 0 Å². The smallest absolute Gasteiger partial charge is 0.307 e. The van der Waals surface area contributed by atoms with Gasteiger partial charge in [-0.05, 0) is 31.2 Å². The van der Waals surface area contributed by atoms with Crippen LogP contribution in [0.4, 0.5) is 17.1 Å². The molecule has 0 spiro atoms. The van der Waals surface area contributed by atoms with Crippen LogP contribution in [0.1, 0.15) is 13.3 Å². The Morgan fingerprint density at radius 3 is 2.46 bits per heavy atom. The van der Waals surface area contributed by atoms with E-state index in [2.05, 4.69) is 5.32 Å². The molecule has 10 heteroatoms. The second kappa shape index (κ2) is 9.18. The number of para-hydroxylation sites is 1. The Balaban J connectivity index is 2.47. The molecule has 28 heavy (non-hydrogen) atoms. The second-order valence-electron chi connectivity index (χ2n) is 5.65. The number of carbonyl (C=O) groups is 1. The number of anilines is 2. The van der Waals surface area contributed by atoms with Crippen LogP contribution in [-0.4, -0.2) is 39.5 Å². The van der Waals surface area contributed by atoms with Crippen LogP contribution in [0.5, 0.6) is 0 Å². The van der Waals surface area contributed by atoms with Crippen molar-refractivity contribution in [3.8, 4) is 0 Å². The Morgan fingerprint density at radius 1 is 1.21 bits per heavy atom. The number of benzene rings is 2. The Hall–Kier alpha value is -3.14. The van der Waals surface area contributed by atoms with Gasteiger partial charge in [0, 0.05) is 19.7 Å². The van der Waals surface area contributed by atoms with E-state index in [0.29, 0.717) is 5.69 Å². The Bertz CT molecular complexity index is 947. The zero-order chi connectivity index (χ0) is 20.7. The quantitative estimate of drug-likeness (QED) is 0.386. The molecule has 2 rings (SSSR count). The van der Waals surface area contributed by atoms with Gasteiger partial charge in [-0.15, -0.1) is 0 Å². The van der Waals surface area contributed by atoms with E-state index in [-0.39, 0.29) is 35.8 Å². The molecule has 2 aromatic rings. The average molecular weight is 407 g/mol. The Kier molecular flexibility index (Phi) is 6.94. The van der Waals surface area contributed by atoms with Crippen molar-refractivity contribution in [3.63, 3.8) is 0 Å². The summed E-state index contributed by atoms with van der Waals surface area (Å²) < 4.78 is 32.3. The zero-order valence-electron chi connectivity index (χ0n) is 15.5. The summed E-state index contributed by atoms with van der Waals surface area (Å²) >= 11 is 0. The highest BCUT2D eigenvalue weighted by atomic mass is 32.2. The maximum absolute atomic E-state index is 13.2. The van der Waals surface area contributed by atoms with E-state index in [1.165, 1.54) is 19.2 Å². The summed E-state index contributed by atoms with van der Waals surface area (Å²) in [5, 5.41) is 13.9. The predicted molar refractivity (Wildman–Crippen MR) is 105 cm³/mol. The standard InChI is InChI=1S/C18H21N3O6S/c1-3-27-18(22)11-12-20(14-7-5-4-6-8-14)28(25,26)15-9-10-16(19-2)17(13-15)21(23)24/h4-10,13,19H,3,11-12H2,1-2H3. The lowest BCUT2D eigenvalue weighted by Gasteiger charge is -2.24. The van der Waals surface area contributed by atoms with Crippen LogP contribution < -0.4 is 9.62 Å². The minimum absolute atomic E-state index is 0.154. The van der Waals surface area contributed by atoms with Crippen LogP contribution in [-0.2, 0) is 19.6 Å². The number of hydrogen-bond acceptors (Lipinski definition) is 7. The fourth-order valence-corrected chi connectivity index (χ4v) is 4.06. The lowest BCUT2D eigenvalue weighted by molar-refractivity contribution is -0.384. The SMILES string of the molecule is CCOC(=O)CCN(c1ccccc1)S(=O)(=O)c1ccc(NC)c([N+](=O)[O-])c1. The van der Waals surface area contributed by atoms with Gasteiger partial charge in [0.1, 0.15) is 5.69 Å². The molecule has 9 nitrogen and oxygen atoms in total. The molecular weight excluding hydrogens is 386 g/mol. The maximum Gasteiger partial charge on any atom is 0.307 e. The Labute approximate surface area is 163 Å². The maximum atomic E-state index is 13.2. The second-order valence-corrected chi connectivity index (χ2v) is 7.52. The van der Waals surface area contributed by atoms with Crippen molar-refractivity contribution in [2.24, 2.45) is 0 Å². The summed E-state index contributed by atoms with van der Waals surface area (Å²) in [6.45, 7) is 1.69. The number of ether oxygens (including phenoxy) is 1. The third kappa shape index (κ3) is 4.77. The number of esters is 1. The van der Waals surface area contributed by atoms with E-state index >= 15 is 0 Å². The van der Waals surface area contributed by atoms with Gasteiger partial charge in [0.25, 0.3) is 15.7 Å². The van der Waals surface area contributed by atoms with E-state index in [4.69, 9.17) is 4.74 Å². The van der Waals surface area contributed by atoms with Crippen molar-refractivity contribution in [2.75, 3.05) is 29.8 Å². The third-order valence-corrected chi connectivity index (χ3v) is 5.72. The van der Waals surface area contributed by atoms with Crippen molar-refractivity contribution in [2.45, 2.75) is 18.2 Å². The van der Waals surface area contributed by atoms with Gasteiger partial charge < -0.3 is 10.1 Å². The fourth-order valence-electron chi connectivity index (χ4n) is 2.57. The first kappa shape index (κ1) is 21.2. The van der Waals surface area contributed by atoms with Crippen LogP contribution >= 0.6 is 0 Å². The number of nitro benzene ring substituents is 1. The van der Waals surface area contributed by atoms with E-state index in [1.807, 2.05) is 0 Å². The number of sulfonamides is 1. The van der Waals surface area contributed by atoms with Crippen molar-refractivity contribution < 1.29 is 22.9 Å². The molecule has 0 fully saturated rings. The highest BCUT2D eigenvalue weighted by molar-refractivity contribution is 7.92. The lowest BCUT2D eigenvalue weighted by atomic mass is 10.3. The molecule has 0 aliphatic rings. The number of carbonyl (C=O) groups excluding carboxylic acids is 1.